The molecule has 0 unspecified atom stereocenters. The molecule has 2 aromatic heterocycles. The number of aromatic nitrogens is 3. The van der Waals surface area contributed by atoms with Crippen molar-refractivity contribution in [3.63, 3.8) is 0 Å². The van der Waals surface area contributed by atoms with Crippen LogP contribution in [0.4, 0.5) is 0 Å². The third-order valence-electron chi connectivity index (χ3n) is 11.9. The highest BCUT2D eigenvalue weighted by Crippen LogP contribution is 2.47. The molecule has 0 radical (unpaired) electrons. The Hall–Kier alpha value is -8.65. The number of hydrogen-bond acceptors (Lipinski definition) is 3. The predicted molar refractivity (Wildman–Crippen MR) is 259 cm³/mol. The Morgan fingerprint density at radius 1 is 0.349 bits per heavy atom. The van der Waals surface area contributed by atoms with E-state index < -0.39 is 0 Å². The van der Waals surface area contributed by atoms with Crippen LogP contribution < -0.4 is 0 Å². The molecule has 0 amide bonds. The molecule has 0 bridgehead atoms. The van der Waals surface area contributed by atoms with Crippen molar-refractivity contribution in [2.24, 2.45) is 0 Å². The summed E-state index contributed by atoms with van der Waals surface area (Å²) < 4.78 is 2.45. The van der Waals surface area contributed by atoms with Gasteiger partial charge in [-0.2, -0.15) is 5.26 Å². The van der Waals surface area contributed by atoms with E-state index in [1.54, 1.807) is 0 Å². The average Bonchev–Trinajstić information content (AvgIpc) is 3.69. The topological polar surface area (TPSA) is 54.5 Å². The summed E-state index contributed by atoms with van der Waals surface area (Å²) in [5.41, 5.74) is 16.1. The van der Waals surface area contributed by atoms with Gasteiger partial charge in [0.05, 0.1) is 28.1 Å². The van der Waals surface area contributed by atoms with E-state index in [2.05, 4.69) is 180 Å². The molecule has 11 aromatic rings. The van der Waals surface area contributed by atoms with E-state index in [0.717, 1.165) is 88.7 Å². The quantitative estimate of drug-likeness (QED) is 0.154. The van der Waals surface area contributed by atoms with E-state index in [1.807, 2.05) is 60.7 Å². The van der Waals surface area contributed by atoms with Crippen LogP contribution in [0.15, 0.2) is 231 Å². The maximum absolute atomic E-state index is 10.8. The molecule has 0 fully saturated rings. The summed E-state index contributed by atoms with van der Waals surface area (Å²) in [5.74, 6) is 0.532. The summed E-state index contributed by atoms with van der Waals surface area (Å²) in [6.45, 7) is 0. The molecule has 0 saturated carbocycles. The zero-order chi connectivity index (χ0) is 42.1. The van der Waals surface area contributed by atoms with E-state index in [1.165, 1.54) is 0 Å². The Labute approximate surface area is 366 Å². The molecular weight excluding hydrogens is 765 g/mol. The number of hydrogen-bond donors (Lipinski definition) is 0. The van der Waals surface area contributed by atoms with Gasteiger partial charge >= 0.3 is 0 Å². The van der Waals surface area contributed by atoms with Gasteiger partial charge in [-0.15, -0.1) is 0 Å². The molecule has 0 spiro atoms. The van der Waals surface area contributed by atoms with Crippen LogP contribution in [0.25, 0.3) is 106 Å². The molecule has 0 saturated heterocycles. The van der Waals surface area contributed by atoms with Gasteiger partial charge < -0.3 is 4.57 Å². The lowest BCUT2D eigenvalue weighted by atomic mass is 9.90. The summed E-state index contributed by atoms with van der Waals surface area (Å²) in [6, 6.07) is 82.9. The minimum atomic E-state index is 0.435. The number of nitriles is 1. The third kappa shape index (κ3) is 6.75. The van der Waals surface area contributed by atoms with Gasteiger partial charge in [-0.05, 0) is 63.7 Å². The summed E-state index contributed by atoms with van der Waals surface area (Å²) in [5, 5.41) is 13.1. The fourth-order valence-electron chi connectivity index (χ4n) is 8.94. The highest BCUT2D eigenvalue weighted by atomic mass is 15.0. The van der Waals surface area contributed by atoms with Crippen molar-refractivity contribution in [3.8, 4) is 90.2 Å². The highest BCUT2D eigenvalue weighted by Gasteiger charge is 2.26. The molecule has 11 rings (SSSR count). The summed E-state index contributed by atoms with van der Waals surface area (Å²) in [6.07, 6.45) is 0. The van der Waals surface area contributed by atoms with Crippen LogP contribution in [0.2, 0.25) is 0 Å². The minimum Gasteiger partial charge on any atom is -0.308 e. The van der Waals surface area contributed by atoms with Crippen molar-refractivity contribution in [1.29, 1.82) is 5.26 Å². The lowest BCUT2D eigenvalue weighted by molar-refractivity contribution is 1.15. The molecule has 0 N–H and O–H groups in total. The van der Waals surface area contributed by atoms with Crippen molar-refractivity contribution >= 4 is 21.8 Å². The Morgan fingerprint density at radius 3 is 1.16 bits per heavy atom. The summed E-state index contributed by atoms with van der Waals surface area (Å²) in [4.78, 5) is 10.7. The fourth-order valence-corrected chi connectivity index (χ4v) is 8.94. The summed E-state index contributed by atoms with van der Waals surface area (Å²) >= 11 is 0. The second kappa shape index (κ2) is 16.1. The first kappa shape index (κ1) is 37.4. The van der Waals surface area contributed by atoms with Gasteiger partial charge in [-0.3, -0.25) is 0 Å². The smallest absolute Gasteiger partial charge is 0.161 e. The highest BCUT2D eigenvalue weighted by molar-refractivity contribution is 6.13. The van der Waals surface area contributed by atoms with Crippen molar-refractivity contribution in [1.82, 2.24) is 14.5 Å². The Bertz CT molecular complexity index is 3310. The maximum Gasteiger partial charge on any atom is 0.161 e. The molecule has 2 heterocycles. The van der Waals surface area contributed by atoms with Gasteiger partial charge in [0.1, 0.15) is 11.6 Å². The monoisotopic (exact) mass is 802 g/mol. The van der Waals surface area contributed by atoms with Crippen LogP contribution in [-0.2, 0) is 0 Å². The second-order valence-corrected chi connectivity index (χ2v) is 15.6. The maximum atomic E-state index is 10.8. The molecule has 0 aliphatic rings. The lowest BCUT2D eigenvalue weighted by Gasteiger charge is -2.22. The van der Waals surface area contributed by atoms with Gasteiger partial charge in [-0.25, -0.2) is 9.97 Å². The lowest BCUT2D eigenvalue weighted by Crippen LogP contribution is -2.05. The Morgan fingerprint density at radius 2 is 0.730 bits per heavy atom. The van der Waals surface area contributed by atoms with Crippen LogP contribution in [0, 0.1) is 11.3 Å². The third-order valence-corrected chi connectivity index (χ3v) is 11.9. The number of fused-ring (bicyclic) bond motifs is 3. The Kier molecular flexibility index (Phi) is 9.54. The zero-order valence-electron chi connectivity index (χ0n) is 34.2. The van der Waals surface area contributed by atoms with Crippen molar-refractivity contribution in [2.75, 3.05) is 0 Å². The SMILES string of the molecule is N#Cc1c(-c2ccccc2)nc(-c2ccc(-c3ccccc3)c(-n3c4ccc(-c5ccccc5)cc4c4cc(-c5ccccc5)ccc43)c2-c2ccccc2)nc1-c1ccccc1. The zero-order valence-corrected chi connectivity index (χ0v) is 34.2. The van der Waals surface area contributed by atoms with Gasteiger partial charge in [-0.1, -0.05) is 200 Å². The molecule has 0 atom stereocenters. The van der Waals surface area contributed by atoms with Crippen molar-refractivity contribution in [3.05, 3.63) is 236 Å². The molecule has 9 aromatic carbocycles. The van der Waals surface area contributed by atoms with Crippen LogP contribution in [-0.4, -0.2) is 14.5 Å². The first-order valence-corrected chi connectivity index (χ1v) is 21.1. The van der Waals surface area contributed by atoms with Crippen molar-refractivity contribution < 1.29 is 0 Å². The van der Waals surface area contributed by atoms with E-state index in [4.69, 9.17) is 9.97 Å². The molecule has 0 aliphatic carbocycles. The van der Waals surface area contributed by atoms with E-state index in [9.17, 15) is 5.26 Å². The average molecular weight is 803 g/mol. The largest absolute Gasteiger partial charge is 0.308 e. The molecule has 63 heavy (non-hydrogen) atoms. The molecular formula is C59H38N4. The van der Waals surface area contributed by atoms with E-state index in [-0.39, 0.29) is 0 Å². The molecule has 4 heteroatoms. The van der Waals surface area contributed by atoms with Crippen LogP contribution >= 0.6 is 0 Å². The van der Waals surface area contributed by atoms with Gasteiger partial charge in [0.15, 0.2) is 5.82 Å². The van der Waals surface area contributed by atoms with Gasteiger partial charge in [0.25, 0.3) is 0 Å². The summed E-state index contributed by atoms with van der Waals surface area (Å²) in [7, 11) is 0. The predicted octanol–water partition coefficient (Wildman–Crippen LogP) is 15.1. The van der Waals surface area contributed by atoms with E-state index >= 15 is 0 Å². The molecule has 294 valence electrons. The van der Waals surface area contributed by atoms with Gasteiger partial charge in [0, 0.05) is 38.6 Å². The van der Waals surface area contributed by atoms with Crippen LogP contribution in [0.1, 0.15) is 5.56 Å². The number of benzene rings is 9. The van der Waals surface area contributed by atoms with E-state index in [0.29, 0.717) is 22.8 Å². The van der Waals surface area contributed by atoms with Crippen molar-refractivity contribution in [2.45, 2.75) is 0 Å². The molecule has 0 aliphatic heterocycles. The number of nitrogens with zero attached hydrogens (tertiary/aromatic N) is 4. The second-order valence-electron chi connectivity index (χ2n) is 15.6. The first-order valence-electron chi connectivity index (χ1n) is 21.1. The first-order chi connectivity index (χ1) is 31.2. The number of rotatable bonds is 8. The standard InChI is InChI=1S/C59H38N4/c60-39-52-56(44-27-15-5-16-28-44)61-59(62-57(52)45-29-17-6-18-30-45)49-34-33-48(42-23-11-3-12-24-42)58(55(49)43-25-13-4-14-26-43)63-53-35-31-46(40-19-7-1-8-20-40)37-50(53)51-38-47(32-36-54(51)63)41-21-9-2-10-22-41/h1-38H. The fraction of sp³-hybridized carbons (Fsp3) is 0. The minimum absolute atomic E-state index is 0.435. The normalized spacial score (nSPS) is 11.2. The van der Waals surface area contributed by atoms with Crippen LogP contribution in [0.5, 0.6) is 0 Å². The molecule has 4 nitrogen and oxygen atoms in total. The Balaban J connectivity index is 1.29. The van der Waals surface area contributed by atoms with Crippen LogP contribution in [0.3, 0.4) is 0 Å². The van der Waals surface area contributed by atoms with Gasteiger partial charge in [0.2, 0.25) is 0 Å².